The Morgan fingerprint density at radius 1 is 1.18 bits per heavy atom. The van der Waals surface area contributed by atoms with Gasteiger partial charge in [-0.2, -0.15) is 0 Å². The number of nitrogens with zero attached hydrogens (tertiary/aromatic N) is 2. The summed E-state index contributed by atoms with van der Waals surface area (Å²) in [4.78, 5) is 16.2. The Labute approximate surface area is 132 Å². The van der Waals surface area contributed by atoms with Crippen molar-refractivity contribution in [2.45, 2.75) is 6.54 Å². The van der Waals surface area contributed by atoms with Crippen molar-refractivity contribution in [1.82, 2.24) is 14.7 Å². The zero-order chi connectivity index (χ0) is 15.7. The molecule has 0 saturated heterocycles. The average Bonchev–Trinajstić information content (AvgIpc) is 2.89. The van der Waals surface area contributed by atoms with Gasteiger partial charge in [0, 0.05) is 29.0 Å². The van der Waals surface area contributed by atoms with E-state index in [0.29, 0.717) is 5.65 Å². The largest absolute Gasteiger partial charge is 0.346 e. The Kier molecular flexibility index (Phi) is 3.89. The van der Waals surface area contributed by atoms with Crippen LogP contribution in [0.1, 0.15) is 16.1 Å². The van der Waals surface area contributed by atoms with Crippen LogP contribution >= 0.6 is 15.9 Å². The molecular formula is C15H10BrF2N3O. The number of halogens is 3. The van der Waals surface area contributed by atoms with Gasteiger partial charge in [0.1, 0.15) is 23.0 Å². The zero-order valence-corrected chi connectivity index (χ0v) is 12.8. The molecule has 4 nitrogen and oxygen atoms in total. The van der Waals surface area contributed by atoms with Gasteiger partial charge >= 0.3 is 0 Å². The molecule has 7 heteroatoms. The number of fused-ring (bicyclic) bond motifs is 1. The van der Waals surface area contributed by atoms with Gasteiger partial charge in [0.2, 0.25) is 0 Å². The molecule has 0 bridgehead atoms. The molecule has 0 radical (unpaired) electrons. The van der Waals surface area contributed by atoms with Crippen molar-refractivity contribution in [2.75, 3.05) is 0 Å². The van der Waals surface area contributed by atoms with Crippen molar-refractivity contribution in [2.24, 2.45) is 0 Å². The quantitative estimate of drug-likeness (QED) is 0.773. The minimum absolute atomic E-state index is 0.176. The van der Waals surface area contributed by atoms with Crippen LogP contribution in [0.4, 0.5) is 8.78 Å². The first-order valence-corrected chi connectivity index (χ1v) is 7.19. The van der Waals surface area contributed by atoms with Gasteiger partial charge in [0.15, 0.2) is 0 Å². The average molecular weight is 366 g/mol. The topological polar surface area (TPSA) is 46.4 Å². The minimum atomic E-state index is -0.695. The third kappa shape index (κ3) is 2.85. The number of imidazole rings is 1. The second kappa shape index (κ2) is 5.84. The predicted molar refractivity (Wildman–Crippen MR) is 80.4 cm³/mol. The van der Waals surface area contributed by atoms with Gasteiger partial charge in [-0.05, 0) is 40.2 Å². The highest BCUT2D eigenvalue weighted by Gasteiger charge is 2.13. The van der Waals surface area contributed by atoms with Gasteiger partial charge in [0.25, 0.3) is 5.91 Å². The molecule has 1 N–H and O–H groups in total. The maximum Gasteiger partial charge on any atom is 0.271 e. The fourth-order valence-electron chi connectivity index (χ4n) is 2.03. The van der Waals surface area contributed by atoms with Gasteiger partial charge < -0.3 is 9.72 Å². The van der Waals surface area contributed by atoms with E-state index in [2.05, 4.69) is 26.2 Å². The summed E-state index contributed by atoms with van der Waals surface area (Å²) < 4.78 is 29.5. The van der Waals surface area contributed by atoms with Crippen LogP contribution in [0.5, 0.6) is 0 Å². The Morgan fingerprint density at radius 2 is 1.91 bits per heavy atom. The smallest absolute Gasteiger partial charge is 0.271 e. The van der Waals surface area contributed by atoms with E-state index in [0.717, 1.165) is 16.6 Å². The number of hydrogen-bond acceptors (Lipinski definition) is 2. The summed E-state index contributed by atoms with van der Waals surface area (Å²) in [5.74, 6) is -1.89. The summed E-state index contributed by atoms with van der Waals surface area (Å²) >= 11 is 3.32. The fraction of sp³-hybridized carbons (Fsp3) is 0.0667. The van der Waals surface area contributed by atoms with Crippen LogP contribution in [0.25, 0.3) is 5.65 Å². The molecule has 0 fully saturated rings. The molecule has 3 aromatic rings. The van der Waals surface area contributed by atoms with Crippen LogP contribution in [0.15, 0.2) is 47.2 Å². The van der Waals surface area contributed by atoms with Crippen LogP contribution in [-0.2, 0) is 6.54 Å². The molecule has 0 atom stereocenters. The Morgan fingerprint density at radius 3 is 2.64 bits per heavy atom. The molecule has 0 aliphatic heterocycles. The van der Waals surface area contributed by atoms with Crippen molar-refractivity contribution < 1.29 is 13.6 Å². The number of carbonyl (C=O) groups is 1. The molecule has 112 valence electrons. The summed E-state index contributed by atoms with van der Waals surface area (Å²) in [6.45, 7) is -0.241. The zero-order valence-electron chi connectivity index (χ0n) is 11.2. The fourth-order valence-corrected chi connectivity index (χ4v) is 2.39. The molecule has 2 heterocycles. The summed E-state index contributed by atoms with van der Waals surface area (Å²) in [6.07, 6.45) is 3.31. The molecule has 0 aliphatic rings. The third-order valence-corrected chi connectivity index (χ3v) is 3.60. The van der Waals surface area contributed by atoms with Gasteiger partial charge in [-0.3, -0.25) is 4.79 Å². The van der Waals surface area contributed by atoms with E-state index in [9.17, 15) is 13.6 Å². The molecule has 3 rings (SSSR count). The number of benzene rings is 1. The lowest BCUT2D eigenvalue weighted by molar-refractivity contribution is 0.0946. The minimum Gasteiger partial charge on any atom is -0.346 e. The number of carbonyl (C=O) groups excluding carboxylic acids is 1. The van der Waals surface area contributed by atoms with Crippen molar-refractivity contribution >= 4 is 27.5 Å². The number of nitrogens with one attached hydrogen (secondary N) is 1. The predicted octanol–water partition coefficient (Wildman–Crippen LogP) is 3.31. The summed E-state index contributed by atoms with van der Waals surface area (Å²) in [7, 11) is 0. The Hall–Kier alpha value is -2.28. The van der Waals surface area contributed by atoms with Gasteiger partial charge in [-0.1, -0.05) is 6.07 Å². The van der Waals surface area contributed by atoms with Gasteiger partial charge in [-0.15, -0.1) is 0 Å². The molecule has 22 heavy (non-hydrogen) atoms. The van der Waals surface area contributed by atoms with Crippen molar-refractivity contribution in [1.29, 1.82) is 0 Å². The number of hydrogen-bond donors (Lipinski definition) is 1. The number of amides is 1. The van der Waals surface area contributed by atoms with E-state index >= 15 is 0 Å². The lowest BCUT2D eigenvalue weighted by Crippen LogP contribution is -2.24. The van der Waals surface area contributed by atoms with Crippen molar-refractivity contribution in [3.63, 3.8) is 0 Å². The third-order valence-electron chi connectivity index (χ3n) is 3.14. The first-order valence-electron chi connectivity index (χ1n) is 6.40. The van der Waals surface area contributed by atoms with Crippen LogP contribution in [-0.4, -0.2) is 15.3 Å². The van der Waals surface area contributed by atoms with E-state index in [1.54, 1.807) is 28.9 Å². The monoisotopic (exact) mass is 365 g/mol. The summed E-state index contributed by atoms with van der Waals surface area (Å²) in [5, 5.41) is 2.47. The lowest BCUT2D eigenvalue weighted by atomic mass is 10.2. The molecular weight excluding hydrogens is 356 g/mol. The molecule has 0 unspecified atom stereocenters. The van der Waals surface area contributed by atoms with E-state index in [1.807, 2.05) is 0 Å². The molecule has 1 aromatic carbocycles. The first-order chi connectivity index (χ1) is 10.5. The van der Waals surface area contributed by atoms with E-state index in [4.69, 9.17) is 0 Å². The highest BCUT2D eigenvalue weighted by molar-refractivity contribution is 9.10. The number of rotatable bonds is 3. The molecule has 1 amide bonds. The van der Waals surface area contributed by atoms with Crippen LogP contribution in [0.2, 0.25) is 0 Å². The van der Waals surface area contributed by atoms with Crippen LogP contribution < -0.4 is 5.32 Å². The normalized spacial score (nSPS) is 10.9. The van der Waals surface area contributed by atoms with Crippen LogP contribution in [0, 0.1) is 11.6 Å². The lowest BCUT2D eigenvalue weighted by Gasteiger charge is -2.05. The molecule has 0 saturated carbocycles. The Balaban J connectivity index is 1.79. The Bertz CT molecular complexity index is 843. The molecule has 2 aromatic heterocycles. The maximum atomic E-state index is 13.5. The van der Waals surface area contributed by atoms with Crippen molar-refractivity contribution in [3.8, 4) is 0 Å². The molecule has 0 aliphatic carbocycles. The maximum absolute atomic E-state index is 13.5. The SMILES string of the molecule is O=C(NCc1c(F)cccc1F)c1cn2cc(Br)ccc2n1. The summed E-state index contributed by atoms with van der Waals surface area (Å²) in [5.41, 5.74) is 0.600. The highest BCUT2D eigenvalue weighted by atomic mass is 79.9. The summed E-state index contributed by atoms with van der Waals surface area (Å²) in [6, 6.07) is 7.12. The highest BCUT2D eigenvalue weighted by Crippen LogP contribution is 2.14. The number of pyridine rings is 1. The van der Waals surface area contributed by atoms with E-state index in [-0.39, 0.29) is 17.8 Å². The van der Waals surface area contributed by atoms with Gasteiger partial charge in [-0.25, -0.2) is 13.8 Å². The second-order valence-corrected chi connectivity index (χ2v) is 5.54. The second-order valence-electron chi connectivity index (χ2n) is 4.62. The van der Waals surface area contributed by atoms with Crippen LogP contribution in [0.3, 0.4) is 0 Å². The van der Waals surface area contributed by atoms with Crippen molar-refractivity contribution in [3.05, 3.63) is 70.1 Å². The first kappa shape index (κ1) is 14.6. The van der Waals surface area contributed by atoms with E-state index < -0.39 is 17.5 Å². The number of aromatic nitrogens is 2. The van der Waals surface area contributed by atoms with E-state index in [1.165, 1.54) is 6.07 Å². The standard InChI is InChI=1S/C15H10BrF2N3O/c16-9-4-5-14-20-13(8-21(14)7-9)15(22)19-6-10-11(17)2-1-3-12(10)18/h1-5,7-8H,6H2,(H,19,22). The molecule has 0 spiro atoms. The van der Waals surface area contributed by atoms with Gasteiger partial charge in [0.05, 0.1) is 0 Å².